The second-order valence-electron chi connectivity index (χ2n) is 8.06. The Bertz CT molecular complexity index is 1340. The summed E-state index contributed by atoms with van der Waals surface area (Å²) in [6, 6.07) is 23.4. The van der Waals surface area contributed by atoms with Crippen LogP contribution in [0.4, 0.5) is 5.69 Å². The number of nitrogens with one attached hydrogen (secondary N) is 1. The largest absolute Gasteiger partial charge is 0.481 e. The monoisotopic (exact) mass is 426 g/mol. The molecule has 0 bridgehead atoms. The first kappa shape index (κ1) is 21.1. The van der Waals surface area contributed by atoms with Crippen molar-refractivity contribution in [3.8, 4) is 11.1 Å². The fraction of sp³-hybridized carbons (Fsp3) is 0.115. The van der Waals surface area contributed by atoms with Gasteiger partial charge < -0.3 is 14.8 Å². The first-order valence-electron chi connectivity index (χ1n) is 10.1. The van der Waals surface area contributed by atoms with Crippen LogP contribution in [0.3, 0.4) is 0 Å². The smallest absolute Gasteiger partial charge is 0.313 e. The summed E-state index contributed by atoms with van der Waals surface area (Å²) < 4.78 is 1.70. The summed E-state index contributed by atoms with van der Waals surface area (Å²) >= 11 is 0. The molecule has 0 saturated heterocycles. The van der Waals surface area contributed by atoms with Crippen LogP contribution in [0.25, 0.3) is 16.6 Å². The lowest BCUT2D eigenvalue weighted by Crippen LogP contribution is -2.29. The molecule has 0 aliphatic heterocycles. The molecule has 0 saturated carbocycles. The molecule has 6 heteroatoms. The van der Waals surface area contributed by atoms with Crippen LogP contribution in [0.5, 0.6) is 0 Å². The number of ketones is 1. The Labute approximate surface area is 185 Å². The van der Waals surface area contributed by atoms with Crippen LogP contribution < -0.4 is 5.32 Å². The maximum atomic E-state index is 13.3. The molecule has 2 aromatic carbocycles. The van der Waals surface area contributed by atoms with Crippen molar-refractivity contribution >= 4 is 28.9 Å². The van der Waals surface area contributed by atoms with Gasteiger partial charge in [-0.15, -0.1) is 0 Å². The number of aliphatic carboxylic acids is 1. The molecule has 0 unspecified atom stereocenters. The molecule has 4 rings (SSSR count). The van der Waals surface area contributed by atoms with E-state index in [-0.39, 0.29) is 5.69 Å². The average molecular weight is 426 g/mol. The van der Waals surface area contributed by atoms with Crippen molar-refractivity contribution in [1.82, 2.24) is 4.40 Å². The molecule has 2 aromatic heterocycles. The van der Waals surface area contributed by atoms with Crippen LogP contribution in [0, 0.1) is 0 Å². The molecule has 2 heterocycles. The topological polar surface area (TPSA) is 87.9 Å². The Morgan fingerprint density at radius 2 is 1.59 bits per heavy atom. The molecule has 0 fully saturated rings. The summed E-state index contributed by atoms with van der Waals surface area (Å²) in [7, 11) is 0. The van der Waals surface area contributed by atoms with Gasteiger partial charge in [-0.25, -0.2) is 0 Å². The van der Waals surface area contributed by atoms with Crippen molar-refractivity contribution in [1.29, 1.82) is 0 Å². The summed E-state index contributed by atoms with van der Waals surface area (Å²) in [5, 5.41) is 12.1. The lowest BCUT2D eigenvalue weighted by Gasteiger charge is -2.20. The number of Topliss-reactive ketones (excluding diaryl/α,β-unsaturated/α-hetero) is 1. The number of carbonyl (C=O) groups excluding carboxylic acids is 2. The third kappa shape index (κ3) is 3.78. The molecular formula is C26H22N2O4. The van der Waals surface area contributed by atoms with Crippen LogP contribution in [0.15, 0.2) is 85.1 Å². The summed E-state index contributed by atoms with van der Waals surface area (Å²) in [6.45, 7) is 3.17. The van der Waals surface area contributed by atoms with E-state index in [0.29, 0.717) is 16.8 Å². The second kappa shape index (κ2) is 8.15. The van der Waals surface area contributed by atoms with Crippen molar-refractivity contribution in [2.45, 2.75) is 19.3 Å². The van der Waals surface area contributed by atoms with Crippen LogP contribution in [-0.2, 0) is 15.0 Å². The van der Waals surface area contributed by atoms with Gasteiger partial charge >= 0.3 is 5.97 Å². The predicted octanol–water partition coefficient (Wildman–Crippen LogP) is 4.79. The highest BCUT2D eigenvalue weighted by atomic mass is 16.4. The third-order valence-corrected chi connectivity index (χ3v) is 5.56. The van der Waals surface area contributed by atoms with E-state index in [4.69, 9.17) is 0 Å². The highest BCUT2D eigenvalue weighted by Gasteiger charge is 2.30. The van der Waals surface area contributed by atoms with Gasteiger partial charge in [0.15, 0.2) is 0 Å². The van der Waals surface area contributed by atoms with E-state index in [1.807, 2.05) is 48.5 Å². The van der Waals surface area contributed by atoms with Crippen LogP contribution in [-0.4, -0.2) is 27.2 Å². The Morgan fingerprint density at radius 3 is 2.31 bits per heavy atom. The second-order valence-corrected chi connectivity index (χ2v) is 8.06. The van der Waals surface area contributed by atoms with Gasteiger partial charge in [0.1, 0.15) is 5.69 Å². The number of carboxylic acid groups (broad SMARTS) is 1. The molecular weight excluding hydrogens is 404 g/mol. The highest BCUT2D eigenvalue weighted by molar-refractivity contribution is 6.47. The summed E-state index contributed by atoms with van der Waals surface area (Å²) in [5.41, 5.74) is 2.31. The number of aromatic nitrogens is 1. The Hall–Kier alpha value is -4.19. The number of hydrogen-bond donors (Lipinski definition) is 2. The van der Waals surface area contributed by atoms with Crippen LogP contribution in [0.1, 0.15) is 29.9 Å². The van der Waals surface area contributed by atoms with E-state index in [2.05, 4.69) is 5.32 Å². The summed E-state index contributed by atoms with van der Waals surface area (Å²) in [4.78, 5) is 37.8. The summed E-state index contributed by atoms with van der Waals surface area (Å²) in [5.74, 6) is -2.46. The van der Waals surface area contributed by atoms with Gasteiger partial charge in [-0.3, -0.25) is 14.4 Å². The van der Waals surface area contributed by atoms with E-state index >= 15 is 0 Å². The Balaban J connectivity index is 1.70. The lowest BCUT2D eigenvalue weighted by atomic mass is 9.84. The Morgan fingerprint density at radius 1 is 0.875 bits per heavy atom. The van der Waals surface area contributed by atoms with Gasteiger partial charge in [-0.2, -0.15) is 0 Å². The number of rotatable bonds is 6. The van der Waals surface area contributed by atoms with Crippen molar-refractivity contribution in [2.24, 2.45) is 0 Å². The normalized spacial score (nSPS) is 11.3. The molecule has 0 aliphatic rings. The van der Waals surface area contributed by atoms with Crippen molar-refractivity contribution in [2.75, 3.05) is 5.32 Å². The number of anilines is 1. The van der Waals surface area contributed by atoms with Gasteiger partial charge in [0, 0.05) is 23.0 Å². The number of amides is 1. The van der Waals surface area contributed by atoms with Gasteiger partial charge in [-0.1, -0.05) is 48.5 Å². The number of nitrogens with zero attached hydrogens (tertiary/aromatic N) is 1. The lowest BCUT2D eigenvalue weighted by molar-refractivity contribution is -0.142. The predicted molar refractivity (Wildman–Crippen MR) is 123 cm³/mol. The zero-order valence-corrected chi connectivity index (χ0v) is 17.7. The molecule has 1 amide bonds. The zero-order chi connectivity index (χ0) is 22.9. The standard InChI is InChI=1S/C26H22N2O4/c1-26(2,25(31)32)18-11-8-12-19(15-18)27-24(30)23(29)22-21(17-9-4-3-5-10-17)16-20-13-6-7-14-28(20)22/h3-16H,1-2H3,(H,27,30)(H,31,32). The van der Waals surface area contributed by atoms with Gasteiger partial charge in [-0.05, 0) is 55.3 Å². The van der Waals surface area contributed by atoms with Gasteiger partial charge in [0.2, 0.25) is 0 Å². The SMILES string of the molecule is CC(C)(C(=O)O)c1cccc(NC(=O)C(=O)c2c(-c3ccccc3)cc3ccccn23)c1. The minimum atomic E-state index is -1.14. The number of carbonyl (C=O) groups is 3. The summed E-state index contributed by atoms with van der Waals surface area (Å²) in [6.07, 6.45) is 1.75. The number of fused-ring (bicyclic) bond motifs is 1. The van der Waals surface area contributed by atoms with E-state index in [9.17, 15) is 19.5 Å². The molecule has 0 spiro atoms. The number of carboxylic acids is 1. The minimum Gasteiger partial charge on any atom is -0.481 e. The fourth-order valence-electron chi connectivity index (χ4n) is 3.60. The van der Waals surface area contributed by atoms with Crippen LogP contribution in [0.2, 0.25) is 0 Å². The molecule has 0 aliphatic carbocycles. The quantitative estimate of drug-likeness (QED) is 0.343. The van der Waals surface area contributed by atoms with Crippen molar-refractivity contribution < 1.29 is 19.5 Å². The molecule has 160 valence electrons. The molecule has 2 N–H and O–H groups in total. The first-order chi connectivity index (χ1) is 15.3. The van der Waals surface area contributed by atoms with Gasteiger partial charge in [0.05, 0.1) is 5.41 Å². The molecule has 0 radical (unpaired) electrons. The highest BCUT2D eigenvalue weighted by Crippen LogP contribution is 2.29. The molecule has 32 heavy (non-hydrogen) atoms. The van der Waals surface area contributed by atoms with Crippen LogP contribution >= 0.6 is 0 Å². The average Bonchev–Trinajstić information content (AvgIpc) is 3.18. The van der Waals surface area contributed by atoms with Crippen molar-refractivity contribution in [3.63, 3.8) is 0 Å². The van der Waals surface area contributed by atoms with E-state index < -0.39 is 23.1 Å². The molecule has 0 atom stereocenters. The zero-order valence-electron chi connectivity index (χ0n) is 17.7. The van der Waals surface area contributed by atoms with Crippen molar-refractivity contribution in [3.05, 3.63) is 96.3 Å². The Kier molecular flexibility index (Phi) is 5.36. The first-order valence-corrected chi connectivity index (χ1v) is 10.1. The maximum absolute atomic E-state index is 13.3. The minimum absolute atomic E-state index is 0.270. The fourth-order valence-corrected chi connectivity index (χ4v) is 3.60. The molecule has 4 aromatic rings. The van der Waals surface area contributed by atoms with E-state index in [1.165, 1.54) is 0 Å². The number of pyridine rings is 1. The third-order valence-electron chi connectivity index (χ3n) is 5.56. The maximum Gasteiger partial charge on any atom is 0.313 e. The molecule has 6 nitrogen and oxygen atoms in total. The van der Waals surface area contributed by atoms with E-state index in [1.54, 1.807) is 54.8 Å². The van der Waals surface area contributed by atoms with Gasteiger partial charge in [0.25, 0.3) is 11.7 Å². The number of hydrogen-bond acceptors (Lipinski definition) is 3. The number of benzene rings is 2. The van der Waals surface area contributed by atoms with E-state index in [0.717, 1.165) is 11.1 Å².